The molecule has 0 radical (unpaired) electrons. The lowest BCUT2D eigenvalue weighted by atomic mass is 10.1. The highest BCUT2D eigenvalue weighted by molar-refractivity contribution is 7.14. The van der Waals surface area contributed by atoms with Crippen molar-refractivity contribution in [2.24, 2.45) is 0 Å². The number of rotatable bonds is 4. The number of ether oxygens (including phenoxy) is 1. The third-order valence-electron chi connectivity index (χ3n) is 2.29. The van der Waals surface area contributed by atoms with Crippen molar-refractivity contribution in [3.8, 4) is 16.2 Å². The molecule has 0 spiro atoms. The van der Waals surface area contributed by atoms with Crippen molar-refractivity contribution in [1.82, 2.24) is 0 Å². The predicted octanol–water partition coefficient (Wildman–Crippen LogP) is 4.55. The van der Waals surface area contributed by atoms with Gasteiger partial charge in [0.25, 0.3) is 0 Å². The average Bonchev–Trinajstić information content (AvgIpc) is 2.74. The molecule has 1 nitrogen and oxygen atoms in total. The fourth-order valence-electron chi connectivity index (χ4n) is 1.57. The zero-order valence-corrected chi connectivity index (χ0v) is 10.6. The first-order chi connectivity index (χ1) is 7.86. The van der Waals surface area contributed by atoms with E-state index in [0.717, 1.165) is 16.2 Å². The summed E-state index contributed by atoms with van der Waals surface area (Å²) in [6.07, 6.45) is 0. The fourth-order valence-corrected chi connectivity index (χ4v) is 2.88. The Balaban J connectivity index is 2.44. The van der Waals surface area contributed by atoms with Crippen molar-refractivity contribution >= 4 is 22.9 Å². The van der Waals surface area contributed by atoms with Crippen LogP contribution in [0.2, 0.25) is 0 Å². The Morgan fingerprint density at radius 1 is 1.25 bits per heavy atom. The van der Waals surface area contributed by atoms with Crippen molar-refractivity contribution in [3.63, 3.8) is 0 Å². The maximum Gasteiger partial charge on any atom is 0.142 e. The van der Waals surface area contributed by atoms with Gasteiger partial charge in [-0.1, -0.05) is 30.3 Å². The molecule has 0 aliphatic rings. The van der Waals surface area contributed by atoms with Gasteiger partial charge in [-0.2, -0.15) is 0 Å². The lowest BCUT2D eigenvalue weighted by Crippen LogP contribution is -1.93. The van der Waals surface area contributed by atoms with Crippen LogP contribution in [-0.4, -0.2) is 6.61 Å². The summed E-state index contributed by atoms with van der Waals surface area (Å²) in [7, 11) is 0. The monoisotopic (exact) mass is 252 g/mol. The SMILES string of the molecule is CCOc1c(CCl)csc1-c1ccccc1. The van der Waals surface area contributed by atoms with Crippen LogP contribution in [0.1, 0.15) is 12.5 Å². The molecule has 0 saturated carbocycles. The highest BCUT2D eigenvalue weighted by atomic mass is 35.5. The van der Waals surface area contributed by atoms with E-state index in [4.69, 9.17) is 16.3 Å². The van der Waals surface area contributed by atoms with Crippen LogP contribution in [0.15, 0.2) is 35.7 Å². The van der Waals surface area contributed by atoms with Crippen LogP contribution in [0.25, 0.3) is 10.4 Å². The summed E-state index contributed by atoms with van der Waals surface area (Å²) in [5.74, 6) is 1.44. The van der Waals surface area contributed by atoms with Crippen molar-refractivity contribution in [3.05, 3.63) is 41.3 Å². The molecule has 0 aliphatic heterocycles. The molecule has 0 bridgehead atoms. The van der Waals surface area contributed by atoms with E-state index in [1.54, 1.807) is 11.3 Å². The normalized spacial score (nSPS) is 10.4. The summed E-state index contributed by atoms with van der Waals surface area (Å²) >= 11 is 7.58. The van der Waals surface area contributed by atoms with Crippen LogP contribution in [-0.2, 0) is 5.88 Å². The van der Waals surface area contributed by atoms with Crippen LogP contribution < -0.4 is 4.74 Å². The minimum absolute atomic E-state index is 0.499. The largest absolute Gasteiger partial charge is 0.492 e. The lowest BCUT2D eigenvalue weighted by molar-refractivity contribution is 0.340. The second-order valence-corrected chi connectivity index (χ2v) is 4.50. The molecular formula is C13H13ClOS. The van der Waals surface area contributed by atoms with Crippen molar-refractivity contribution in [1.29, 1.82) is 0 Å². The number of hydrogen-bond acceptors (Lipinski definition) is 2. The first-order valence-electron chi connectivity index (χ1n) is 5.21. The number of hydrogen-bond donors (Lipinski definition) is 0. The molecule has 0 atom stereocenters. The molecule has 84 valence electrons. The number of alkyl halides is 1. The van der Waals surface area contributed by atoms with E-state index in [9.17, 15) is 0 Å². The Kier molecular flexibility index (Phi) is 3.86. The first kappa shape index (κ1) is 11.5. The zero-order valence-electron chi connectivity index (χ0n) is 9.07. The van der Waals surface area contributed by atoms with Crippen LogP contribution in [0.5, 0.6) is 5.75 Å². The highest BCUT2D eigenvalue weighted by Gasteiger charge is 2.13. The molecule has 0 amide bonds. The zero-order chi connectivity index (χ0) is 11.4. The van der Waals surface area contributed by atoms with Gasteiger partial charge in [0.2, 0.25) is 0 Å². The molecule has 0 unspecified atom stereocenters. The first-order valence-corrected chi connectivity index (χ1v) is 6.62. The number of thiophene rings is 1. The van der Waals surface area contributed by atoms with E-state index < -0.39 is 0 Å². The standard InChI is InChI=1S/C13H13ClOS/c1-2-15-12-11(8-14)9-16-13(12)10-6-4-3-5-7-10/h3-7,9H,2,8H2,1H3. The summed E-state index contributed by atoms with van der Waals surface area (Å²) < 4.78 is 5.68. The molecule has 3 heteroatoms. The van der Waals surface area contributed by atoms with Gasteiger partial charge in [0.05, 0.1) is 17.4 Å². The van der Waals surface area contributed by atoms with Gasteiger partial charge in [-0.25, -0.2) is 0 Å². The van der Waals surface area contributed by atoms with Gasteiger partial charge in [0.15, 0.2) is 0 Å². The predicted molar refractivity (Wildman–Crippen MR) is 70.5 cm³/mol. The van der Waals surface area contributed by atoms with E-state index in [0.29, 0.717) is 12.5 Å². The molecule has 0 N–H and O–H groups in total. The molecule has 0 fully saturated rings. The minimum atomic E-state index is 0.499. The quantitative estimate of drug-likeness (QED) is 0.726. The van der Waals surface area contributed by atoms with Crippen molar-refractivity contribution in [2.75, 3.05) is 6.61 Å². The number of halogens is 1. The summed E-state index contributed by atoms with van der Waals surface area (Å²) in [4.78, 5) is 1.16. The fraction of sp³-hybridized carbons (Fsp3) is 0.231. The summed E-state index contributed by atoms with van der Waals surface area (Å²) in [5, 5.41) is 2.07. The Hall–Kier alpha value is -0.990. The molecule has 0 aliphatic carbocycles. The Labute approximate surface area is 105 Å². The smallest absolute Gasteiger partial charge is 0.142 e. The van der Waals surface area contributed by atoms with Crippen molar-refractivity contribution in [2.45, 2.75) is 12.8 Å². The molecule has 1 heterocycles. The minimum Gasteiger partial charge on any atom is -0.492 e. The summed E-state index contributed by atoms with van der Waals surface area (Å²) in [5.41, 5.74) is 2.26. The molecule has 16 heavy (non-hydrogen) atoms. The van der Waals surface area contributed by atoms with Crippen molar-refractivity contribution < 1.29 is 4.74 Å². The topological polar surface area (TPSA) is 9.23 Å². The van der Waals surface area contributed by atoms with Gasteiger partial charge in [0.1, 0.15) is 5.75 Å². The van der Waals surface area contributed by atoms with E-state index in [1.807, 2.05) is 25.1 Å². The number of benzene rings is 1. The molecule has 2 aromatic rings. The van der Waals surface area contributed by atoms with E-state index in [1.165, 1.54) is 5.56 Å². The second kappa shape index (κ2) is 5.37. The van der Waals surface area contributed by atoms with E-state index in [-0.39, 0.29) is 0 Å². The lowest BCUT2D eigenvalue weighted by Gasteiger charge is -2.07. The van der Waals surface area contributed by atoms with Crippen LogP contribution >= 0.6 is 22.9 Å². The third-order valence-corrected chi connectivity index (χ3v) is 3.63. The van der Waals surface area contributed by atoms with Crippen LogP contribution in [0.4, 0.5) is 0 Å². The Morgan fingerprint density at radius 2 is 2.00 bits per heavy atom. The van der Waals surface area contributed by atoms with Gasteiger partial charge in [-0.15, -0.1) is 22.9 Å². The van der Waals surface area contributed by atoms with E-state index >= 15 is 0 Å². The molecule has 1 aromatic heterocycles. The average molecular weight is 253 g/mol. The van der Waals surface area contributed by atoms with E-state index in [2.05, 4.69) is 17.5 Å². The van der Waals surface area contributed by atoms with Gasteiger partial charge in [-0.3, -0.25) is 0 Å². The van der Waals surface area contributed by atoms with Gasteiger partial charge >= 0.3 is 0 Å². The molecular weight excluding hydrogens is 240 g/mol. The third kappa shape index (κ3) is 2.23. The van der Waals surface area contributed by atoms with Crippen LogP contribution in [0.3, 0.4) is 0 Å². The van der Waals surface area contributed by atoms with Gasteiger partial charge in [-0.05, 0) is 17.9 Å². The summed E-state index contributed by atoms with van der Waals surface area (Å²) in [6, 6.07) is 10.3. The maximum atomic E-state index is 5.90. The van der Waals surface area contributed by atoms with Gasteiger partial charge in [0, 0.05) is 5.56 Å². The summed E-state index contributed by atoms with van der Waals surface area (Å²) in [6.45, 7) is 2.66. The molecule has 2 rings (SSSR count). The Bertz CT molecular complexity index is 450. The highest BCUT2D eigenvalue weighted by Crippen LogP contribution is 2.39. The molecule has 1 aromatic carbocycles. The Morgan fingerprint density at radius 3 is 2.62 bits per heavy atom. The maximum absolute atomic E-state index is 5.90. The molecule has 0 saturated heterocycles. The van der Waals surface area contributed by atoms with Gasteiger partial charge < -0.3 is 4.74 Å². The van der Waals surface area contributed by atoms with Crippen LogP contribution in [0, 0.1) is 0 Å². The second-order valence-electron chi connectivity index (χ2n) is 3.35.